The molecule has 1 unspecified atom stereocenters. The second-order valence-electron chi connectivity index (χ2n) is 3.80. The smallest absolute Gasteiger partial charge is 0.0928 e. The van der Waals surface area contributed by atoms with Crippen LogP contribution in [0.2, 0.25) is 5.02 Å². The summed E-state index contributed by atoms with van der Waals surface area (Å²) in [5, 5.41) is 3.87. The predicted octanol–water partition coefficient (Wildman–Crippen LogP) is 1.67. The van der Waals surface area contributed by atoms with E-state index in [4.69, 9.17) is 26.8 Å². The van der Waals surface area contributed by atoms with Gasteiger partial charge in [0.1, 0.15) is 0 Å². The summed E-state index contributed by atoms with van der Waals surface area (Å²) in [6.45, 7) is 2.03. The highest BCUT2D eigenvalue weighted by atomic mass is 35.5. The van der Waals surface area contributed by atoms with Crippen molar-refractivity contribution < 1.29 is 9.47 Å². The number of rotatable bonds is 7. The van der Waals surface area contributed by atoms with E-state index in [2.05, 4.69) is 5.32 Å². The third-order valence-corrected chi connectivity index (χ3v) is 2.78. The molecule has 0 fully saturated rings. The molecule has 0 aliphatic rings. The average molecular weight is 259 g/mol. The minimum absolute atomic E-state index is 0.0595. The van der Waals surface area contributed by atoms with Crippen LogP contribution in [-0.2, 0) is 16.0 Å². The summed E-state index contributed by atoms with van der Waals surface area (Å²) in [6.07, 6.45) is 0.0595. The van der Waals surface area contributed by atoms with E-state index >= 15 is 0 Å². The second-order valence-corrected chi connectivity index (χ2v) is 4.21. The van der Waals surface area contributed by atoms with Crippen LogP contribution in [-0.4, -0.2) is 33.5 Å². The normalized spacial score (nSPS) is 12.6. The monoisotopic (exact) mass is 258 g/mol. The van der Waals surface area contributed by atoms with Gasteiger partial charge in [-0.2, -0.15) is 0 Å². The highest BCUT2D eigenvalue weighted by molar-refractivity contribution is 6.33. The van der Waals surface area contributed by atoms with Gasteiger partial charge >= 0.3 is 0 Å². The Kier molecular flexibility index (Phi) is 6.29. The first kappa shape index (κ1) is 14.3. The molecule has 0 saturated carbocycles. The molecule has 0 aliphatic heterocycles. The largest absolute Gasteiger partial charge is 0.398 e. The Labute approximate surface area is 107 Å². The molecule has 1 aromatic carbocycles. The van der Waals surface area contributed by atoms with E-state index in [0.717, 1.165) is 18.7 Å². The van der Waals surface area contributed by atoms with Crippen LogP contribution in [0.25, 0.3) is 0 Å². The maximum atomic E-state index is 5.93. The van der Waals surface area contributed by atoms with Crippen molar-refractivity contribution >= 4 is 17.3 Å². The van der Waals surface area contributed by atoms with Gasteiger partial charge in [0, 0.05) is 27.3 Å². The molecule has 5 heteroatoms. The molecule has 0 amide bonds. The summed E-state index contributed by atoms with van der Waals surface area (Å²) < 4.78 is 10.3. The first-order chi connectivity index (χ1) is 8.17. The van der Waals surface area contributed by atoms with Crippen LogP contribution in [0.1, 0.15) is 5.56 Å². The number of hydrogen-bond donors (Lipinski definition) is 2. The summed E-state index contributed by atoms with van der Waals surface area (Å²) in [4.78, 5) is 0. The van der Waals surface area contributed by atoms with Gasteiger partial charge in [0.2, 0.25) is 0 Å². The van der Waals surface area contributed by atoms with Crippen molar-refractivity contribution in [2.24, 2.45) is 0 Å². The highest BCUT2D eigenvalue weighted by Crippen LogP contribution is 2.19. The van der Waals surface area contributed by atoms with E-state index in [9.17, 15) is 0 Å². The Morgan fingerprint density at radius 1 is 1.41 bits per heavy atom. The first-order valence-electron chi connectivity index (χ1n) is 5.43. The van der Waals surface area contributed by atoms with Crippen molar-refractivity contribution in [1.82, 2.24) is 5.32 Å². The average Bonchev–Trinajstić information content (AvgIpc) is 2.32. The summed E-state index contributed by atoms with van der Waals surface area (Å²) in [7, 11) is 3.33. The Hall–Kier alpha value is -0.810. The summed E-state index contributed by atoms with van der Waals surface area (Å²) in [6, 6.07) is 5.62. The fourth-order valence-electron chi connectivity index (χ4n) is 1.45. The molecule has 96 valence electrons. The molecule has 0 bridgehead atoms. The zero-order valence-corrected chi connectivity index (χ0v) is 11.0. The summed E-state index contributed by atoms with van der Waals surface area (Å²) in [5.41, 5.74) is 7.33. The van der Waals surface area contributed by atoms with E-state index in [1.54, 1.807) is 14.2 Å². The number of methoxy groups -OCH3 is 2. The fourth-order valence-corrected chi connectivity index (χ4v) is 1.66. The van der Waals surface area contributed by atoms with Crippen LogP contribution in [0.15, 0.2) is 18.2 Å². The fraction of sp³-hybridized carbons (Fsp3) is 0.500. The molecule has 0 aromatic heterocycles. The van der Waals surface area contributed by atoms with Gasteiger partial charge in [-0.1, -0.05) is 17.7 Å². The maximum absolute atomic E-state index is 5.93. The molecular weight excluding hydrogens is 240 g/mol. The molecule has 1 atom stereocenters. The molecular formula is C12H19ClN2O2. The minimum atomic E-state index is 0.0595. The first-order valence-corrected chi connectivity index (χ1v) is 5.81. The lowest BCUT2D eigenvalue weighted by atomic mass is 10.2. The van der Waals surface area contributed by atoms with Crippen LogP contribution in [0, 0.1) is 0 Å². The highest BCUT2D eigenvalue weighted by Gasteiger charge is 2.06. The number of benzene rings is 1. The molecule has 3 N–H and O–H groups in total. The number of anilines is 1. The Morgan fingerprint density at radius 2 is 2.18 bits per heavy atom. The molecule has 1 rings (SSSR count). The molecule has 1 aromatic rings. The summed E-state index contributed by atoms with van der Waals surface area (Å²) >= 11 is 5.93. The number of hydrogen-bond acceptors (Lipinski definition) is 4. The molecule has 0 saturated heterocycles. The SMILES string of the molecule is COCC(CNCc1ccc(N)c(Cl)c1)OC. The van der Waals surface area contributed by atoms with Crippen molar-refractivity contribution in [2.45, 2.75) is 12.6 Å². The van der Waals surface area contributed by atoms with Gasteiger partial charge in [-0.05, 0) is 17.7 Å². The Morgan fingerprint density at radius 3 is 2.76 bits per heavy atom. The minimum Gasteiger partial charge on any atom is -0.398 e. The molecule has 0 heterocycles. The van der Waals surface area contributed by atoms with Crippen LogP contribution in [0.5, 0.6) is 0 Å². The maximum Gasteiger partial charge on any atom is 0.0928 e. The third-order valence-electron chi connectivity index (χ3n) is 2.45. The number of ether oxygens (including phenoxy) is 2. The van der Waals surface area contributed by atoms with Gasteiger partial charge in [-0.3, -0.25) is 0 Å². The molecule has 4 nitrogen and oxygen atoms in total. The van der Waals surface area contributed by atoms with Crippen molar-refractivity contribution in [2.75, 3.05) is 33.1 Å². The van der Waals surface area contributed by atoms with Gasteiger partial charge in [-0.25, -0.2) is 0 Å². The molecule has 17 heavy (non-hydrogen) atoms. The lowest BCUT2D eigenvalue weighted by Crippen LogP contribution is -2.31. The van der Waals surface area contributed by atoms with Gasteiger partial charge in [0.15, 0.2) is 0 Å². The Bertz CT molecular complexity index is 347. The third kappa shape index (κ3) is 4.91. The zero-order chi connectivity index (χ0) is 12.7. The van der Waals surface area contributed by atoms with Crippen molar-refractivity contribution in [3.63, 3.8) is 0 Å². The lowest BCUT2D eigenvalue weighted by Gasteiger charge is -2.15. The number of nitrogens with two attached hydrogens (primary N) is 1. The van der Waals surface area contributed by atoms with E-state index < -0.39 is 0 Å². The van der Waals surface area contributed by atoms with Crippen molar-refractivity contribution in [3.05, 3.63) is 28.8 Å². The van der Waals surface area contributed by atoms with Crippen LogP contribution >= 0.6 is 11.6 Å². The predicted molar refractivity (Wildman–Crippen MR) is 70.2 cm³/mol. The quantitative estimate of drug-likeness (QED) is 0.731. The van der Waals surface area contributed by atoms with Gasteiger partial charge in [-0.15, -0.1) is 0 Å². The van der Waals surface area contributed by atoms with Gasteiger partial charge in [0.25, 0.3) is 0 Å². The van der Waals surface area contributed by atoms with Crippen LogP contribution in [0.4, 0.5) is 5.69 Å². The molecule has 0 spiro atoms. The van der Waals surface area contributed by atoms with Crippen LogP contribution in [0.3, 0.4) is 0 Å². The van der Waals surface area contributed by atoms with Crippen molar-refractivity contribution in [3.8, 4) is 0 Å². The van der Waals surface area contributed by atoms with E-state index in [0.29, 0.717) is 17.3 Å². The number of halogens is 1. The molecule has 0 aliphatic carbocycles. The van der Waals surface area contributed by atoms with Gasteiger partial charge in [0.05, 0.1) is 23.4 Å². The van der Waals surface area contributed by atoms with Crippen LogP contribution < -0.4 is 11.1 Å². The second kappa shape index (κ2) is 7.50. The van der Waals surface area contributed by atoms with E-state index in [1.807, 2.05) is 18.2 Å². The zero-order valence-electron chi connectivity index (χ0n) is 10.2. The topological polar surface area (TPSA) is 56.5 Å². The Balaban J connectivity index is 2.37. The number of nitrogen functional groups attached to an aromatic ring is 1. The molecule has 0 radical (unpaired) electrons. The summed E-state index contributed by atoms with van der Waals surface area (Å²) in [5.74, 6) is 0. The van der Waals surface area contributed by atoms with E-state index in [1.165, 1.54) is 0 Å². The standard InChI is InChI=1S/C12H19ClN2O2/c1-16-8-10(17-2)7-15-6-9-3-4-12(14)11(13)5-9/h3-5,10,15H,6-8,14H2,1-2H3. The van der Waals surface area contributed by atoms with E-state index in [-0.39, 0.29) is 6.10 Å². The lowest BCUT2D eigenvalue weighted by molar-refractivity contribution is 0.0288. The van der Waals surface area contributed by atoms with Crippen molar-refractivity contribution in [1.29, 1.82) is 0 Å². The van der Waals surface area contributed by atoms with Gasteiger partial charge < -0.3 is 20.5 Å². The number of nitrogens with one attached hydrogen (secondary N) is 1.